The fourth-order valence-corrected chi connectivity index (χ4v) is 4.25. The molecule has 0 aromatic heterocycles. The summed E-state index contributed by atoms with van der Waals surface area (Å²) in [5, 5.41) is 6.89. The van der Waals surface area contributed by atoms with Crippen molar-refractivity contribution < 1.29 is 9.53 Å². The van der Waals surface area contributed by atoms with Crippen LogP contribution in [0.4, 0.5) is 0 Å². The largest absolute Gasteiger partial charge is 0.373 e. The van der Waals surface area contributed by atoms with Crippen molar-refractivity contribution in [2.24, 2.45) is 4.99 Å². The maximum atomic E-state index is 11.9. The number of carbonyl (C=O) groups excluding carboxylic acids is 1. The Balaban J connectivity index is 1.50. The van der Waals surface area contributed by atoms with Crippen LogP contribution in [0.25, 0.3) is 0 Å². The standard InChI is InChI=1S/C18H32N4O2/c1-3-13(22-11-5-6-17(22)23)9-10-20-18(19-4-2)21-15-12-14-7-8-16(15)24-14/h13-16H,3-12H2,1-2H3,(H2,19,20,21). The van der Waals surface area contributed by atoms with Gasteiger partial charge in [-0.2, -0.15) is 0 Å². The highest BCUT2D eigenvalue weighted by atomic mass is 16.5. The van der Waals surface area contributed by atoms with Crippen molar-refractivity contribution >= 4 is 11.9 Å². The molecular weight excluding hydrogens is 304 g/mol. The highest BCUT2D eigenvalue weighted by Crippen LogP contribution is 2.34. The van der Waals surface area contributed by atoms with Crippen LogP contribution in [0.2, 0.25) is 0 Å². The number of likely N-dealkylation sites (tertiary alicyclic amines) is 1. The SMILES string of the molecule is CCNC(=NCCC(CC)N1CCCC1=O)NC1CC2CCC1O2. The molecule has 3 aliphatic rings. The summed E-state index contributed by atoms with van der Waals surface area (Å²) in [7, 11) is 0. The van der Waals surface area contributed by atoms with Gasteiger partial charge in [0.1, 0.15) is 0 Å². The normalized spacial score (nSPS) is 30.9. The molecule has 0 spiro atoms. The molecule has 0 aromatic carbocycles. The average molecular weight is 336 g/mol. The number of ether oxygens (including phenoxy) is 1. The molecule has 2 N–H and O–H groups in total. The quantitative estimate of drug-likeness (QED) is 0.548. The Morgan fingerprint density at radius 2 is 2.29 bits per heavy atom. The van der Waals surface area contributed by atoms with Gasteiger partial charge in [-0.25, -0.2) is 0 Å². The van der Waals surface area contributed by atoms with Gasteiger partial charge in [0.25, 0.3) is 0 Å². The smallest absolute Gasteiger partial charge is 0.222 e. The number of nitrogens with one attached hydrogen (secondary N) is 2. The van der Waals surface area contributed by atoms with E-state index in [1.807, 2.05) is 0 Å². The number of guanidine groups is 1. The highest BCUT2D eigenvalue weighted by Gasteiger charge is 2.41. The summed E-state index contributed by atoms with van der Waals surface area (Å²) in [6, 6.07) is 0.723. The minimum Gasteiger partial charge on any atom is -0.373 e. The first-order chi connectivity index (χ1) is 11.7. The average Bonchev–Trinajstić information content (AvgIpc) is 3.29. The van der Waals surface area contributed by atoms with Gasteiger partial charge in [-0.15, -0.1) is 0 Å². The molecule has 4 unspecified atom stereocenters. The summed E-state index contributed by atoms with van der Waals surface area (Å²) < 4.78 is 5.91. The van der Waals surface area contributed by atoms with Crippen LogP contribution in [0.1, 0.15) is 58.8 Å². The van der Waals surface area contributed by atoms with Gasteiger partial charge in [-0.05, 0) is 45.4 Å². The number of fused-ring (bicyclic) bond motifs is 2. The molecule has 136 valence electrons. The zero-order valence-corrected chi connectivity index (χ0v) is 15.1. The number of amides is 1. The Labute approximate surface area is 145 Å². The Kier molecular flexibility index (Phi) is 5.98. The summed E-state index contributed by atoms with van der Waals surface area (Å²) in [6.07, 6.45) is 7.92. The van der Waals surface area contributed by atoms with E-state index < -0.39 is 0 Å². The van der Waals surface area contributed by atoms with Crippen LogP contribution >= 0.6 is 0 Å². The van der Waals surface area contributed by atoms with E-state index in [9.17, 15) is 4.79 Å². The van der Waals surface area contributed by atoms with Crippen LogP contribution in [0, 0.1) is 0 Å². The minimum absolute atomic E-state index is 0.315. The zero-order valence-electron chi connectivity index (χ0n) is 15.1. The van der Waals surface area contributed by atoms with E-state index in [-0.39, 0.29) is 0 Å². The minimum atomic E-state index is 0.315. The number of aliphatic imine (C=N–C) groups is 1. The van der Waals surface area contributed by atoms with Crippen molar-refractivity contribution in [3.63, 3.8) is 0 Å². The molecule has 0 saturated carbocycles. The van der Waals surface area contributed by atoms with Crippen LogP contribution in [0.15, 0.2) is 4.99 Å². The van der Waals surface area contributed by atoms with E-state index in [4.69, 9.17) is 9.73 Å². The lowest BCUT2D eigenvalue weighted by molar-refractivity contribution is -0.129. The van der Waals surface area contributed by atoms with Gasteiger partial charge in [-0.3, -0.25) is 9.79 Å². The van der Waals surface area contributed by atoms with Crippen molar-refractivity contribution in [2.75, 3.05) is 19.6 Å². The molecule has 4 atom stereocenters. The molecule has 2 bridgehead atoms. The molecule has 0 radical (unpaired) electrons. The van der Waals surface area contributed by atoms with Crippen LogP contribution in [-0.2, 0) is 9.53 Å². The lowest BCUT2D eigenvalue weighted by Crippen LogP contribution is -2.47. The first-order valence-corrected chi connectivity index (χ1v) is 9.71. The molecule has 1 amide bonds. The zero-order chi connectivity index (χ0) is 16.9. The molecule has 3 rings (SSSR count). The predicted molar refractivity (Wildman–Crippen MR) is 95.1 cm³/mol. The van der Waals surface area contributed by atoms with Gasteiger partial charge in [-0.1, -0.05) is 6.92 Å². The van der Waals surface area contributed by atoms with Crippen molar-refractivity contribution in [1.82, 2.24) is 15.5 Å². The third-order valence-corrected chi connectivity index (χ3v) is 5.53. The molecule has 6 nitrogen and oxygen atoms in total. The summed E-state index contributed by atoms with van der Waals surface area (Å²) in [5.74, 6) is 1.20. The Morgan fingerprint density at radius 3 is 2.88 bits per heavy atom. The molecule has 3 saturated heterocycles. The van der Waals surface area contributed by atoms with E-state index >= 15 is 0 Å². The fraction of sp³-hybridized carbons (Fsp3) is 0.889. The molecule has 3 fully saturated rings. The third-order valence-electron chi connectivity index (χ3n) is 5.53. The molecule has 0 aromatic rings. The molecule has 6 heteroatoms. The number of nitrogens with zero attached hydrogens (tertiary/aromatic N) is 2. The summed E-state index contributed by atoms with van der Waals surface area (Å²) in [6.45, 7) is 6.78. The summed E-state index contributed by atoms with van der Waals surface area (Å²) >= 11 is 0. The van der Waals surface area contributed by atoms with Crippen molar-refractivity contribution in [3.05, 3.63) is 0 Å². The van der Waals surface area contributed by atoms with E-state index in [1.165, 1.54) is 6.42 Å². The van der Waals surface area contributed by atoms with Gasteiger partial charge in [0.15, 0.2) is 5.96 Å². The van der Waals surface area contributed by atoms with Crippen molar-refractivity contribution in [2.45, 2.75) is 83.1 Å². The Bertz CT molecular complexity index is 468. The number of rotatable bonds is 7. The molecule has 3 aliphatic heterocycles. The summed E-state index contributed by atoms with van der Waals surface area (Å²) in [5.41, 5.74) is 0. The fourth-order valence-electron chi connectivity index (χ4n) is 4.25. The second kappa shape index (κ2) is 8.19. The van der Waals surface area contributed by atoms with Crippen molar-refractivity contribution in [3.8, 4) is 0 Å². The first kappa shape index (κ1) is 17.5. The van der Waals surface area contributed by atoms with Gasteiger partial charge in [0.05, 0.1) is 18.2 Å². The molecule has 0 aliphatic carbocycles. The Morgan fingerprint density at radius 1 is 1.42 bits per heavy atom. The summed E-state index contributed by atoms with van der Waals surface area (Å²) in [4.78, 5) is 18.7. The predicted octanol–water partition coefficient (Wildman–Crippen LogP) is 1.65. The number of hydrogen-bond acceptors (Lipinski definition) is 3. The lowest BCUT2D eigenvalue weighted by atomic mass is 9.96. The van der Waals surface area contributed by atoms with E-state index in [0.29, 0.717) is 36.6 Å². The maximum absolute atomic E-state index is 11.9. The lowest BCUT2D eigenvalue weighted by Gasteiger charge is -2.26. The maximum Gasteiger partial charge on any atom is 0.222 e. The van der Waals surface area contributed by atoms with Gasteiger partial charge >= 0.3 is 0 Å². The van der Waals surface area contributed by atoms with Crippen LogP contribution < -0.4 is 10.6 Å². The van der Waals surface area contributed by atoms with Crippen LogP contribution in [-0.4, -0.2) is 60.7 Å². The van der Waals surface area contributed by atoms with Crippen LogP contribution in [0.3, 0.4) is 0 Å². The molecular formula is C18H32N4O2. The second-order valence-electron chi connectivity index (χ2n) is 7.16. The monoisotopic (exact) mass is 336 g/mol. The van der Waals surface area contributed by atoms with E-state index in [0.717, 1.165) is 57.7 Å². The van der Waals surface area contributed by atoms with Gasteiger partial charge in [0, 0.05) is 32.1 Å². The molecule has 3 heterocycles. The van der Waals surface area contributed by atoms with E-state index in [2.05, 4.69) is 29.4 Å². The number of carbonyl (C=O) groups is 1. The Hall–Kier alpha value is -1.30. The highest BCUT2D eigenvalue weighted by molar-refractivity contribution is 5.80. The topological polar surface area (TPSA) is 66.0 Å². The number of hydrogen-bond donors (Lipinski definition) is 2. The van der Waals surface area contributed by atoms with E-state index in [1.54, 1.807) is 0 Å². The van der Waals surface area contributed by atoms with Gasteiger partial charge in [0.2, 0.25) is 5.91 Å². The first-order valence-electron chi connectivity index (χ1n) is 9.71. The van der Waals surface area contributed by atoms with Crippen molar-refractivity contribution in [1.29, 1.82) is 0 Å². The van der Waals surface area contributed by atoms with Gasteiger partial charge < -0.3 is 20.3 Å². The molecule has 24 heavy (non-hydrogen) atoms. The third kappa shape index (κ3) is 4.02. The second-order valence-corrected chi connectivity index (χ2v) is 7.16. The van der Waals surface area contributed by atoms with Crippen LogP contribution in [0.5, 0.6) is 0 Å².